The van der Waals surface area contributed by atoms with Crippen LogP contribution in [0, 0.1) is 23.7 Å². The van der Waals surface area contributed by atoms with E-state index in [4.69, 9.17) is 15.6 Å². The largest absolute Gasteiger partial charge is 0.467 e. The number of nitrogens with one attached hydrogen (secondary N) is 5. The number of methoxy groups -OCH3 is 1. The van der Waals surface area contributed by atoms with Crippen LogP contribution in [0.25, 0.3) is 0 Å². The number of hydrogen-bond acceptors (Lipinski definition) is 10. The predicted octanol–water partition coefficient (Wildman–Crippen LogP) is -0.725. The maximum Gasteiger partial charge on any atom is 0.328 e. The van der Waals surface area contributed by atoms with E-state index in [1.165, 1.54) is 21.0 Å². The zero-order valence-corrected chi connectivity index (χ0v) is 30.1. The summed E-state index contributed by atoms with van der Waals surface area (Å²) < 4.78 is 4.83. The quantitative estimate of drug-likeness (QED) is 0.0892. The molecule has 0 aliphatic heterocycles. The van der Waals surface area contributed by atoms with Crippen molar-refractivity contribution >= 4 is 35.5 Å². The van der Waals surface area contributed by atoms with Crippen LogP contribution in [0.2, 0.25) is 0 Å². The Bertz CT molecular complexity index is 1310. The molecule has 15 heteroatoms. The second kappa shape index (κ2) is 19.9. The van der Waals surface area contributed by atoms with Crippen LogP contribution in [-0.2, 0) is 39.9 Å². The summed E-state index contributed by atoms with van der Waals surface area (Å²) in [6.45, 7) is 9.36. The highest BCUT2D eigenvalue weighted by molar-refractivity contribution is 5.93. The van der Waals surface area contributed by atoms with Gasteiger partial charge in [-0.1, -0.05) is 64.4 Å². The van der Waals surface area contributed by atoms with Gasteiger partial charge in [0.1, 0.15) is 30.2 Å². The molecule has 0 aromatic heterocycles. The fraction of sp³-hybridized carbons (Fsp3) is 0.657. The Morgan fingerprint density at radius 1 is 0.780 bits per heavy atom. The van der Waals surface area contributed by atoms with Crippen LogP contribution in [0.15, 0.2) is 30.3 Å². The zero-order chi connectivity index (χ0) is 37.7. The minimum atomic E-state index is -1.20. The van der Waals surface area contributed by atoms with E-state index in [1.807, 2.05) is 30.3 Å². The van der Waals surface area contributed by atoms with Crippen LogP contribution in [0.1, 0.15) is 66.4 Å². The van der Waals surface area contributed by atoms with Gasteiger partial charge in [-0.3, -0.25) is 24.0 Å². The van der Waals surface area contributed by atoms with Gasteiger partial charge < -0.3 is 47.3 Å². The molecule has 2 rings (SSSR count). The van der Waals surface area contributed by atoms with Gasteiger partial charge in [0.2, 0.25) is 29.5 Å². The molecular formula is C35H56N6O9. The number of ether oxygens (including phenoxy) is 1. The van der Waals surface area contributed by atoms with Crippen LogP contribution in [0.4, 0.5) is 0 Å². The Hall–Kier alpha value is -4.08. The summed E-state index contributed by atoms with van der Waals surface area (Å²) in [4.78, 5) is 77.4. The summed E-state index contributed by atoms with van der Waals surface area (Å²) in [5.74, 6) is -5.31. The van der Waals surface area contributed by atoms with Crippen molar-refractivity contribution in [3.8, 4) is 0 Å². The van der Waals surface area contributed by atoms with Crippen LogP contribution in [0.3, 0.4) is 0 Å². The van der Waals surface area contributed by atoms with Gasteiger partial charge in [-0.05, 0) is 56.4 Å². The third-order valence-corrected chi connectivity index (χ3v) is 9.09. The van der Waals surface area contributed by atoms with Crippen molar-refractivity contribution in [2.75, 3.05) is 13.7 Å². The maximum atomic E-state index is 13.7. The molecule has 9 atom stereocenters. The first-order chi connectivity index (χ1) is 23.5. The smallest absolute Gasteiger partial charge is 0.328 e. The van der Waals surface area contributed by atoms with Gasteiger partial charge >= 0.3 is 5.97 Å². The number of aliphatic hydroxyl groups excluding tert-OH is 2. The molecule has 1 fully saturated rings. The lowest BCUT2D eigenvalue weighted by Gasteiger charge is -2.33. The van der Waals surface area contributed by atoms with Crippen molar-refractivity contribution < 1.29 is 43.7 Å². The number of benzene rings is 1. The summed E-state index contributed by atoms with van der Waals surface area (Å²) in [5.41, 5.74) is 6.32. The average Bonchev–Trinajstić information content (AvgIpc) is 3.58. The zero-order valence-electron chi connectivity index (χ0n) is 30.1. The number of nitrogens with two attached hydrogens (primary N) is 1. The van der Waals surface area contributed by atoms with Gasteiger partial charge in [-0.15, -0.1) is 0 Å². The number of amides is 5. The minimum absolute atomic E-state index is 0.228. The first-order valence-electron chi connectivity index (χ1n) is 17.2. The summed E-state index contributed by atoms with van der Waals surface area (Å²) in [5, 5.41) is 34.2. The number of esters is 1. The molecule has 0 heterocycles. The van der Waals surface area contributed by atoms with Crippen molar-refractivity contribution in [2.24, 2.45) is 29.4 Å². The summed E-state index contributed by atoms with van der Waals surface area (Å²) in [6, 6.07) is 3.18. The fourth-order valence-electron chi connectivity index (χ4n) is 5.99. The van der Waals surface area contributed by atoms with E-state index in [2.05, 4.69) is 26.6 Å². The Balaban J connectivity index is 2.21. The van der Waals surface area contributed by atoms with Gasteiger partial charge in [0.05, 0.1) is 25.9 Å². The third-order valence-electron chi connectivity index (χ3n) is 9.09. The highest BCUT2D eigenvalue weighted by atomic mass is 16.5. The van der Waals surface area contributed by atoms with Crippen molar-refractivity contribution in [3.63, 3.8) is 0 Å². The Morgan fingerprint density at radius 3 is 1.88 bits per heavy atom. The molecule has 0 saturated heterocycles. The predicted molar refractivity (Wildman–Crippen MR) is 185 cm³/mol. The normalized spacial score (nSPS) is 20.0. The molecular weight excluding hydrogens is 648 g/mol. The van der Waals surface area contributed by atoms with E-state index in [-0.39, 0.29) is 18.3 Å². The monoisotopic (exact) mass is 704 g/mol. The van der Waals surface area contributed by atoms with Gasteiger partial charge in [-0.2, -0.15) is 0 Å². The molecule has 1 aliphatic rings. The van der Waals surface area contributed by atoms with E-state index < -0.39 is 96.3 Å². The highest BCUT2D eigenvalue weighted by Gasteiger charge is 2.42. The first-order valence-corrected chi connectivity index (χ1v) is 17.2. The number of rotatable bonds is 18. The molecule has 280 valence electrons. The number of aliphatic hydroxyl groups is 2. The molecule has 1 aromatic carbocycles. The van der Waals surface area contributed by atoms with E-state index in [0.717, 1.165) is 5.56 Å². The molecule has 50 heavy (non-hydrogen) atoms. The summed E-state index contributed by atoms with van der Waals surface area (Å²) >= 11 is 0. The Kier molecular flexibility index (Phi) is 16.8. The summed E-state index contributed by atoms with van der Waals surface area (Å²) in [6.07, 6.45) is 0.647. The molecule has 0 spiro atoms. The lowest BCUT2D eigenvalue weighted by molar-refractivity contribution is -0.147. The lowest BCUT2D eigenvalue weighted by atomic mass is 9.84. The molecule has 1 aliphatic carbocycles. The van der Waals surface area contributed by atoms with E-state index in [9.17, 15) is 33.9 Å². The van der Waals surface area contributed by atoms with Gasteiger partial charge in [0, 0.05) is 5.92 Å². The number of carbonyl (C=O) groups is 6. The van der Waals surface area contributed by atoms with Gasteiger partial charge in [0.15, 0.2) is 0 Å². The molecule has 0 radical (unpaired) electrons. The average molecular weight is 705 g/mol. The third kappa shape index (κ3) is 12.1. The van der Waals surface area contributed by atoms with Crippen molar-refractivity contribution in [2.45, 2.75) is 110 Å². The van der Waals surface area contributed by atoms with Crippen molar-refractivity contribution in [1.82, 2.24) is 26.6 Å². The van der Waals surface area contributed by atoms with Crippen molar-refractivity contribution in [3.05, 3.63) is 35.9 Å². The van der Waals surface area contributed by atoms with E-state index in [1.54, 1.807) is 27.7 Å². The molecule has 5 amide bonds. The Morgan fingerprint density at radius 2 is 1.34 bits per heavy atom. The molecule has 9 N–H and O–H groups in total. The molecule has 0 unspecified atom stereocenters. The standard InChI is InChI=1S/C35H56N6O9/c1-18(2)27(34(48)41-28(19(3)4)35(49)50-7)40-32(46)24-15-11-14-23(24)29(43)26(16-22-12-9-8-10-13-22)39-31(45)21(6)37-30(44)20(5)38-33(47)25(36)17-42/h8-10,12-13,18-21,23-29,42-43H,11,14-17,36H2,1-7H3,(H,37,44)(H,38,47)(H,39,45)(H,40,46)(H,41,48)/t20-,21-,23+,24+,25-,26-,27-,28-,29-/m0/s1. The first kappa shape index (κ1) is 42.1. The molecule has 15 nitrogen and oxygen atoms in total. The van der Waals surface area contributed by atoms with E-state index in [0.29, 0.717) is 19.3 Å². The maximum absolute atomic E-state index is 13.7. The second-order valence-corrected chi connectivity index (χ2v) is 13.7. The SMILES string of the molecule is COC(=O)[C@@H](NC(=O)[C@@H](NC(=O)[C@@H]1CCC[C@H]1[C@H](O)[C@H](Cc1ccccc1)NC(=O)[C@H](C)NC(=O)[C@H](C)NC(=O)[C@@H](N)CO)C(C)C)C(C)C. The Labute approximate surface area is 294 Å². The molecule has 1 aromatic rings. The number of carbonyl (C=O) groups excluding carboxylic acids is 6. The van der Waals surface area contributed by atoms with Gasteiger partial charge in [-0.25, -0.2) is 4.79 Å². The van der Waals surface area contributed by atoms with Crippen LogP contribution < -0.4 is 32.3 Å². The molecule has 0 bridgehead atoms. The number of hydrogen-bond donors (Lipinski definition) is 8. The topological polar surface area (TPSA) is 238 Å². The molecule has 1 saturated carbocycles. The fourth-order valence-corrected chi connectivity index (χ4v) is 5.99. The highest BCUT2D eigenvalue weighted by Crippen LogP contribution is 2.36. The minimum Gasteiger partial charge on any atom is -0.467 e. The van der Waals surface area contributed by atoms with Crippen molar-refractivity contribution in [1.29, 1.82) is 0 Å². The summed E-state index contributed by atoms with van der Waals surface area (Å²) in [7, 11) is 1.24. The lowest BCUT2D eigenvalue weighted by Crippen LogP contribution is -2.58. The van der Waals surface area contributed by atoms with Crippen LogP contribution >= 0.6 is 0 Å². The van der Waals surface area contributed by atoms with E-state index >= 15 is 0 Å². The van der Waals surface area contributed by atoms with Crippen LogP contribution in [-0.4, -0.2) is 102 Å². The van der Waals surface area contributed by atoms with Crippen LogP contribution in [0.5, 0.6) is 0 Å². The van der Waals surface area contributed by atoms with Gasteiger partial charge in [0.25, 0.3) is 0 Å². The second-order valence-electron chi connectivity index (χ2n) is 13.7.